The molecule has 0 aromatic heterocycles. The van der Waals surface area contributed by atoms with Crippen molar-refractivity contribution < 1.29 is 19.2 Å². The molecule has 8 heteroatoms. The Kier molecular flexibility index (Phi) is 5.86. The first-order valence-electron chi connectivity index (χ1n) is 11.3. The van der Waals surface area contributed by atoms with Gasteiger partial charge in [-0.15, -0.1) is 0 Å². The summed E-state index contributed by atoms with van der Waals surface area (Å²) >= 11 is 6.11. The number of benzene rings is 3. The molecule has 2 N–H and O–H groups in total. The zero-order valence-electron chi connectivity index (χ0n) is 18.7. The van der Waals surface area contributed by atoms with Crippen molar-refractivity contribution in [2.24, 2.45) is 0 Å². The van der Waals surface area contributed by atoms with Crippen LogP contribution >= 0.6 is 11.6 Å². The van der Waals surface area contributed by atoms with Crippen LogP contribution in [0.25, 0.3) is 0 Å². The van der Waals surface area contributed by atoms with Crippen molar-refractivity contribution in [3.63, 3.8) is 0 Å². The first kappa shape index (κ1) is 22.8. The highest BCUT2D eigenvalue weighted by Crippen LogP contribution is 2.39. The highest BCUT2D eigenvalue weighted by atomic mass is 35.5. The van der Waals surface area contributed by atoms with E-state index in [1.807, 2.05) is 24.3 Å². The number of halogens is 1. The van der Waals surface area contributed by atoms with Gasteiger partial charge in [0.25, 0.3) is 5.91 Å². The van der Waals surface area contributed by atoms with Gasteiger partial charge in [0.2, 0.25) is 5.91 Å². The third kappa shape index (κ3) is 4.08. The van der Waals surface area contributed by atoms with Gasteiger partial charge in [-0.05, 0) is 48.6 Å². The van der Waals surface area contributed by atoms with Gasteiger partial charge < -0.3 is 10.6 Å². The predicted molar refractivity (Wildman–Crippen MR) is 131 cm³/mol. The minimum absolute atomic E-state index is 0.215. The molecule has 0 unspecified atom stereocenters. The first-order chi connectivity index (χ1) is 16.9. The number of hydrogen-bond donors (Lipinski definition) is 2. The zero-order valence-corrected chi connectivity index (χ0v) is 19.5. The molecular weight excluding hydrogens is 466 g/mol. The van der Waals surface area contributed by atoms with Crippen LogP contribution < -0.4 is 10.6 Å². The number of nitrogens with one attached hydrogen (secondary N) is 2. The van der Waals surface area contributed by atoms with Crippen LogP contribution in [0.3, 0.4) is 0 Å². The Bertz CT molecular complexity index is 1360. The lowest BCUT2D eigenvalue weighted by Gasteiger charge is -2.33. The van der Waals surface area contributed by atoms with Crippen molar-refractivity contribution in [1.82, 2.24) is 10.2 Å². The van der Waals surface area contributed by atoms with E-state index in [1.54, 1.807) is 36.4 Å². The molecule has 1 saturated heterocycles. The standard InChI is InChI=1S/C27H22ClN3O4/c28-19-12-13-22(20(15-19)24(33)18-8-2-1-3-9-18)29-23(32)16-31-25(34)27(30-26(31)35)14-6-10-17-7-4-5-11-21(17)27/h1-5,7-9,11-13,15H,6,10,14,16H2,(H,29,32)(H,30,35)/t27-/m1/s1. The largest absolute Gasteiger partial charge is 0.325 e. The van der Waals surface area contributed by atoms with E-state index in [0.29, 0.717) is 17.0 Å². The summed E-state index contributed by atoms with van der Waals surface area (Å²) in [6, 6.07) is 20.1. The molecule has 176 valence electrons. The summed E-state index contributed by atoms with van der Waals surface area (Å²) in [5.74, 6) is -1.35. The fourth-order valence-corrected chi connectivity index (χ4v) is 5.02. The lowest BCUT2D eigenvalue weighted by atomic mass is 9.76. The highest BCUT2D eigenvalue weighted by molar-refractivity contribution is 6.31. The molecular formula is C27H22ClN3O4. The quantitative estimate of drug-likeness (QED) is 0.414. The van der Waals surface area contributed by atoms with Crippen LogP contribution in [0.1, 0.15) is 39.9 Å². The lowest BCUT2D eigenvalue weighted by molar-refractivity contribution is -0.134. The molecule has 1 heterocycles. The molecule has 7 nitrogen and oxygen atoms in total. The van der Waals surface area contributed by atoms with E-state index in [4.69, 9.17) is 11.6 Å². The van der Waals surface area contributed by atoms with Gasteiger partial charge >= 0.3 is 6.03 Å². The number of hydrogen-bond acceptors (Lipinski definition) is 4. The monoisotopic (exact) mass is 487 g/mol. The highest BCUT2D eigenvalue weighted by Gasteiger charge is 2.54. The topological polar surface area (TPSA) is 95.6 Å². The van der Waals surface area contributed by atoms with E-state index >= 15 is 0 Å². The molecule has 1 aliphatic heterocycles. The molecule has 1 aliphatic carbocycles. The van der Waals surface area contributed by atoms with Crippen LogP contribution in [0.4, 0.5) is 10.5 Å². The summed E-state index contributed by atoms with van der Waals surface area (Å²) < 4.78 is 0. The van der Waals surface area contributed by atoms with Gasteiger partial charge in [-0.1, -0.05) is 66.2 Å². The molecule has 4 amide bonds. The average Bonchev–Trinajstić information content (AvgIpc) is 3.10. The second-order valence-corrected chi connectivity index (χ2v) is 9.11. The number of aryl methyl sites for hydroxylation is 1. The Labute approximate surface area is 207 Å². The Morgan fingerprint density at radius 3 is 2.54 bits per heavy atom. The number of imide groups is 1. The number of urea groups is 1. The summed E-state index contributed by atoms with van der Waals surface area (Å²) in [6.07, 6.45) is 2.05. The summed E-state index contributed by atoms with van der Waals surface area (Å²) in [5, 5.41) is 5.86. The summed E-state index contributed by atoms with van der Waals surface area (Å²) in [6.45, 7) is -0.476. The van der Waals surface area contributed by atoms with Gasteiger partial charge in [0.15, 0.2) is 5.78 Å². The maximum absolute atomic E-state index is 13.4. The van der Waals surface area contributed by atoms with E-state index in [1.165, 1.54) is 12.1 Å². The van der Waals surface area contributed by atoms with Gasteiger partial charge in [0, 0.05) is 16.1 Å². The van der Waals surface area contributed by atoms with E-state index < -0.39 is 29.9 Å². The molecule has 1 fully saturated rings. The number of carbonyl (C=O) groups is 4. The molecule has 3 aromatic carbocycles. The van der Waals surface area contributed by atoms with Gasteiger partial charge in [-0.3, -0.25) is 19.3 Å². The Hall–Kier alpha value is -3.97. The molecule has 0 bridgehead atoms. The number of amides is 4. The second kappa shape index (κ2) is 9.00. The number of rotatable bonds is 5. The van der Waals surface area contributed by atoms with Gasteiger partial charge in [0.05, 0.1) is 5.69 Å². The molecule has 5 rings (SSSR count). The first-order valence-corrected chi connectivity index (χ1v) is 11.7. The van der Waals surface area contributed by atoms with E-state index in [9.17, 15) is 19.2 Å². The van der Waals surface area contributed by atoms with Crippen molar-refractivity contribution in [3.8, 4) is 0 Å². The van der Waals surface area contributed by atoms with E-state index in [2.05, 4.69) is 10.6 Å². The predicted octanol–water partition coefficient (Wildman–Crippen LogP) is 4.29. The van der Waals surface area contributed by atoms with Gasteiger partial charge in [-0.2, -0.15) is 0 Å². The van der Waals surface area contributed by atoms with Crippen LogP contribution in [-0.4, -0.2) is 35.1 Å². The van der Waals surface area contributed by atoms with E-state index in [-0.39, 0.29) is 17.0 Å². The molecule has 1 atom stereocenters. The molecule has 0 radical (unpaired) electrons. The van der Waals surface area contributed by atoms with Crippen LogP contribution in [0.2, 0.25) is 5.02 Å². The Morgan fingerprint density at radius 1 is 1.00 bits per heavy atom. The number of fused-ring (bicyclic) bond motifs is 2. The summed E-state index contributed by atoms with van der Waals surface area (Å²) in [4.78, 5) is 53.2. The zero-order chi connectivity index (χ0) is 24.6. The van der Waals surface area contributed by atoms with Crippen molar-refractivity contribution in [2.45, 2.75) is 24.8 Å². The van der Waals surface area contributed by atoms with Gasteiger partial charge in [0.1, 0.15) is 12.1 Å². The van der Waals surface area contributed by atoms with Crippen molar-refractivity contribution in [1.29, 1.82) is 0 Å². The number of nitrogens with zero attached hydrogens (tertiary/aromatic N) is 1. The van der Waals surface area contributed by atoms with Crippen LogP contribution in [0, 0.1) is 0 Å². The fraction of sp³-hybridized carbons (Fsp3) is 0.185. The Balaban J connectivity index is 1.37. The van der Waals surface area contributed by atoms with Crippen LogP contribution in [-0.2, 0) is 21.5 Å². The lowest BCUT2D eigenvalue weighted by Crippen LogP contribution is -2.47. The fourth-order valence-electron chi connectivity index (χ4n) is 4.85. The number of anilines is 1. The van der Waals surface area contributed by atoms with Crippen molar-refractivity contribution in [2.75, 3.05) is 11.9 Å². The van der Waals surface area contributed by atoms with Crippen molar-refractivity contribution >= 4 is 40.9 Å². The smallest absolute Gasteiger partial charge is 0.324 e. The van der Waals surface area contributed by atoms with Crippen molar-refractivity contribution in [3.05, 3.63) is 100 Å². The van der Waals surface area contributed by atoms with Gasteiger partial charge in [-0.25, -0.2) is 4.79 Å². The molecule has 35 heavy (non-hydrogen) atoms. The van der Waals surface area contributed by atoms with E-state index in [0.717, 1.165) is 28.9 Å². The molecule has 3 aromatic rings. The third-order valence-electron chi connectivity index (χ3n) is 6.49. The summed E-state index contributed by atoms with van der Waals surface area (Å²) in [5.41, 5.74) is 1.55. The Morgan fingerprint density at radius 2 is 1.74 bits per heavy atom. The second-order valence-electron chi connectivity index (χ2n) is 8.67. The average molecular weight is 488 g/mol. The normalized spacial score (nSPS) is 18.8. The van der Waals surface area contributed by atoms with Crippen LogP contribution in [0.5, 0.6) is 0 Å². The molecule has 2 aliphatic rings. The molecule has 1 spiro atoms. The van der Waals surface area contributed by atoms with Crippen LogP contribution in [0.15, 0.2) is 72.8 Å². The molecule has 0 saturated carbocycles. The number of carbonyl (C=O) groups excluding carboxylic acids is 4. The third-order valence-corrected chi connectivity index (χ3v) is 6.72. The number of ketones is 1. The SMILES string of the molecule is O=C(CN1C(=O)N[C@@]2(CCCc3ccccc32)C1=O)Nc1ccc(Cl)cc1C(=O)c1ccccc1. The minimum Gasteiger partial charge on any atom is -0.324 e. The minimum atomic E-state index is -1.15. The summed E-state index contributed by atoms with van der Waals surface area (Å²) in [7, 11) is 0. The maximum Gasteiger partial charge on any atom is 0.325 e. The maximum atomic E-state index is 13.4.